The third kappa shape index (κ3) is 4.21. The van der Waals surface area contributed by atoms with E-state index >= 15 is 0 Å². The zero-order valence-corrected chi connectivity index (χ0v) is 13.9. The lowest BCUT2D eigenvalue weighted by molar-refractivity contribution is 0.0946. The summed E-state index contributed by atoms with van der Waals surface area (Å²) in [5, 5.41) is 13.0. The van der Waals surface area contributed by atoms with Crippen molar-refractivity contribution in [1.82, 2.24) is 20.4 Å². The molecule has 1 fully saturated rings. The summed E-state index contributed by atoms with van der Waals surface area (Å²) in [5.41, 5.74) is 0.337. The third-order valence-corrected chi connectivity index (χ3v) is 3.65. The van der Waals surface area contributed by atoms with Gasteiger partial charge in [-0.25, -0.2) is 9.97 Å². The van der Waals surface area contributed by atoms with Gasteiger partial charge in [-0.15, -0.1) is 0 Å². The molecule has 128 valence electrons. The van der Waals surface area contributed by atoms with E-state index in [1.165, 1.54) is 0 Å². The number of carbonyl (C=O) groups is 1. The lowest BCUT2D eigenvalue weighted by Crippen LogP contribution is -2.29. The molecule has 2 aromatic rings. The van der Waals surface area contributed by atoms with Crippen LogP contribution in [0.2, 0.25) is 0 Å². The number of hydrogen-bond donors (Lipinski definition) is 3. The van der Waals surface area contributed by atoms with Gasteiger partial charge < -0.3 is 20.5 Å². The quantitative estimate of drug-likeness (QED) is 0.635. The van der Waals surface area contributed by atoms with Crippen molar-refractivity contribution in [2.24, 2.45) is 0 Å². The van der Waals surface area contributed by atoms with Crippen LogP contribution < -0.4 is 16.0 Å². The van der Waals surface area contributed by atoms with Crippen LogP contribution in [0.15, 0.2) is 16.7 Å². The van der Waals surface area contributed by atoms with Crippen LogP contribution in [0.4, 0.5) is 11.6 Å². The molecule has 24 heavy (non-hydrogen) atoms. The van der Waals surface area contributed by atoms with E-state index < -0.39 is 0 Å². The molecule has 2 aromatic heterocycles. The van der Waals surface area contributed by atoms with E-state index in [0.717, 1.165) is 36.8 Å². The Labute approximate surface area is 140 Å². The summed E-state index contributed by atoms with van der Waals surface area (Å²) in [6.45, 7) is 5.67. The fraction of sp³-hybridized carbons (Fsp3) is 0.500. The first-order chi connectivity index (χ1) is 11.7. The minimum Gasteiger partial charge on any atom is -0.370 e. The predicted molar refractivity (Wildman–Crippen MR) is 90.2 cm³/mol. The highest BCUT2D eigenvalue weighted by Gasteiger charge is 2.28. The van der Waals surface area contributed by atoms with E-state index in [0.29, 0.717) is 30.5 Å². The number of amides is 1. The molecule has 1 amide bonds. The highest BCUT2D eigenvalue weighted by molar-refractivity contribution is 5.92. The Morgan fingerprint density at radius 3 is 2.67 bits per heavy atom. The molecular weight excluding hydrogens is 308 g/mol. The highest BCUT2D eigenvalue weighted by atomic mass is 16.5. The molecule has 0 atom stereocenters. The van der Waals surface area contributed by atoms with E-state index in [1.54, 1.807) is 6.07 Å². The molecule has 0 aromatic carbocycles. The maximum absolute atomic E-state index is 12.0. The smallest absolute Gasteiger partial charge is 0.273 e. The molecule has 0 aliphatic heterocycles. The molecule has 0 spiro atoms. The van der Waals surface area contributed by atoms with Crippen molar-refractivity contribution in [3.05, 3.63) is 29.4 Å². The van der Waals surface area contributed by atoms with Gasteiger partial charge in [-0.05, 0) is 26.7 Å². The van der Waals surface area contributed by atoms with Gasteiger partial charge in [0.15, 0.2) is 5.69 Å². The van der Waals surface area contributed by atoms with Crippen LogP contribution in [0, 0.1) is 6.92 Å². The van der Waals surface area contributed by atoms with Crippen LogP contribution in [-0.4, -0.2) is 40.7 Å². The number of aromatic nitrogens is 3. The first kappa shape index (κ1) is 16.2. The second-order valence-corrected chi connectivity index (χ2v) is 5.79. The van der Waals surface area contributed by atoms with Crippen molar-refractivity contribution in [2.75, 3.05) is 30.3 Å². The number of nitrogens with one attached hydrogen (secondary N) is 3. The fourth-order valence-corrected chi connectivity index (χ4v) is 2.34. The molecule has 8 heteroatoms. The standard InChI is InChI=1S/C16H22N6O2/c1-3-17-14-9-15(21-10(2)20-14)18-6-7-19-16(23)12-8-13(24-22-12)11-4-5-11/h8-9,11H,3-7H2,1-2H3,(H,19,23)(H2,17,18,20,21). The molecule has 2 heterocycles. The van der Waals surface area contributed by atoms with Crippen LogP contribution >= 0.6 is 0 Å². The fourth-order valence-electron chi connectivity index (χ4n) is 2.34. The van der Waals surface area contributed by atoms with Gasteiger partial charge in [-0.1, -0.05) is 5.16 Å². The molecule has 0 radical (unpaired) electrons. The summed E-state index contributed by atoms with van der Waals surface area (Å²) in [6.07, 6.45) is 2.24. The Morgan fingerprint density at radius 1 is 1.21 bits per heavy atom. The summed E-state index contributed by atoms with van der Waals surface area (Å²) >= 11 is 0. The number of carbonyl (C=O) groups excluding carboxylic acids is 1. The monoisotopic (exact) mass is 330 g/mol. The molecule has 3 N–H and O–H groups in total. The van der Waals surface area contributed by atoms with Crippen LogP contribution in [0.25, 0.3) is 0 Å². The predicted octanol–water partition coefficient (Wildman–Crippen LogP) is 1.92. The highest BCUT2D eigenvalue weighted by Crippen LogP contribution is 2.40. The van der Waals surface area contributed by atoms with Crippen molar-refractivity contribution in [2.45, 2.75) is 32.6 Å². The van der Waals surface area contributed by atoms with E-state index in [2.05, 4.69) is 31.1 Å². The molecular formula is C16H22N6O2. The van der Waals surface area contributed by atoms with Gasteiger partial charge in [0, 0.05) is 37.7 Å². The molecule has 0 saturated heterocycles. The Kier molecular flexibility index (Phi) is 4.93. The van der Waals surface area contributed by atoms with Crippen LogP contribution in [-0.2, 0) is 0 Å². The number of aryl methyl sites for hydroxylation is 1. The van der Waals surface area contributed by atoms with Gasteiger partial charge >= 0.3 is 0 Å². The number of rotatable bonds is 8. The number of nitrogens with zero attached hydrogens (tertiary/aromatic N) is 3. The van der Waals surface area contributed by atoms with Gasteiger partial charge in [0.25, 0.3) is 5.91 Å². The van der Waals surface area contributed by atoms with Gasteiger partial charge in [0.05, 0.1) is 0 Å². The molecule has 0 bridgehead atoms. The zero-order valence-electron chi connectivity index (χ0n) is 13.9. The third-order valence-electron chi connectivity index (χ3n) is 3.65. The average molecular weight is 330 g/mol. The molecule has 8 nitrogen and oxygen atoms in total. The molecule has 3 rings (SSSR count). The molecule has 1 saturated carbocycles. The van der Waals surface area contributed by atoms with Crippen molar-refractivity contribution in [3.63, 3.8) is 0 Å². The Bertz CT molecular complexity index is 710. The minimum absolute atomic E-state index is 0.223. The average Bonchev–Trinajstić information content (AvgIpc) is 3.28. The van der Waals surface area contributed by atoms with Crippen molar-refractivity contribution in [1.29, 1.82) is 0 Å². The van der Waals surface area contributed by atoms with Gasteiger partial charge in [-0.3, -0.25) is 4.79 Å². The van der Waals surface area contributed by atoms with E-state index in [1.807, 2.05) is 19.9 Å². The second-order valence-electron chi connectivity index (χ2n) is 5.79. The van der Waals surface area contributed by atoms with E-state index in [4.69, 9.17) is 4.52 Å². The van der Waals surface area contributed by atoms with Gasteiger partial charge in [0.2, 0.25) is 0 Å². The second kappa shape index (κ2) is 7.29. The summed E-state index contributed by atoms with van der Waals surface area (Å²) in [4.78, 5) is 20.6. The van der Waals surface area contributed by atoms with E-state index in [9.17, 15) is 4.79 Å². The number of hydrogen-bond acceptors (Lipinski definition) is 7. The van der Waals surface area contributed by atoms with Crippen molar-refractivity contribution >= 4 is 17.5 Å². The Hall–Kier alpha value is -2.64. The zero-order chi connectivity index (χ0) is 16.9. The lowest BCUT2D eigenvalue weighted by Gasteiger charge is -2.09. The maximum atomic E-state index is 12.0. The summed E-state index contributed by atoms with van der Waals surface area (Å²) in [5.74, 6) is 3.24. The summed E-state index contributed by atoms with van der Waals surface area (Å²) < 4.78 is 5.18. The molecule has 1 aliphatic rings. The largest absolute Gasteiger partial charge is 0.370 e. The van der Waals surface area contributed by atoms with E-state index in [-0.39, 0.29) is 5.91 Å². The Balaban J connectivity index is 1.45. The SMILES string of the molecule is CCNc1cc(NCCNC(=O)c2cc(C3CC3)on2)nc(C)n1. The van der Waals surface area contributed by atoms with Gasteiger partial charge in [-0.2, -0.15) is 0 Å². The van der Waals surface area contributed by atoms with Crippen LogP contribution in [0.5, 0.6) is 0 Å². The van der Waals surface area contributed by atoms with Crippen molar-refractivity contribution < 1.29 is 9.32 Å². The number of anilines is 2. The van der Waals surface area contributed by atoms with Crippen LogP contribution in [0.3, 0.4) is 0 Å². The summed E-state index contributed by atoms with van der Waals surface area (Å²) in [7, 11) is 0. The first-order valence-electron chi connectivity index (χ1n) is 8.24. The maximum Gasteiger partial charge on any atom is 0.273 e. The first-order valence-corrected chi connectivity index (χ1v) is 8.24. The topological polar surface area (TPSA) is 105 Å². The minimum atomic E-state index is -0.223. The Morgan fingerprint density at radius 2 is 1.96 bits per heavy atom. The normalized spacial score (nSPS) is 13.6. The summed E-state index contributed by atoms with van der Waals surface area (Å²) in [6, 6.07) is 3.58. The lowest BCUT2D eigenvalue weighted by atomic mass is 10.3. The van der Waals surface area contributed by atoms with Crippen molar-refractivity contribution in [3.8, 4) is 0 Å². The van der Waals surface area contributed by atoms with Crippen LogP contribution in [0.1, 0.15) is 47.8 Å². The van der Waals surface area contributed by atoms with Gasteiger partial charge in [0.1, 0.15) is 23.2 Å². The molecule has 1 aliphatic carbocycles. The molecule has 0 unspecified atom stereocenters.